The van der Waals surface area contributed by atoms with Gasteiger partial charge >= 0.3 is 0 Å². The Kier molecular flexibility index (Phi) is 8.65. The number of sulfonamides is 1. The van der Waals surface area contributed by atoms with Crippen molar-refractivity contribution in [3.8, 4) is 11.3 Å². The SMILES string of the molecule is CCN(CC)C(=O)c1ccc2cc(-c3csc(N(C)S(C)(=O)=O)n3)c(=O)[nH]c2c1.Cc1ccccc1. The summed E-state index contributed by atoms with van der Waals surface area (Å²) in [6.07, 6.45) is 1.09. The molecule has 0 aliphatic heterocycles. The van der Waals surface area contributed by atoms with E-state index in [1.165, 1.54) is 12.6 Å². The molecule has 0 spiro atoms. The second-order valence-electron chi connectivity index (χ2n) is 8.19. The highest BCUT2D eigenvalue weighted by molar-refractivity contribution is 7.92. The molecule has 0 saturated carbocycles. The molecule has 0 aliphatic carbocycles. The number of H-pyrrole nitrogens is 1. The number of carbonyl (C=O) groups is 1. The fraction of sp³-hybridized carbons (Fsp3) is 0.269. The van der Waals surface area contributed by atoms with Gasteiger partial charge in [0.1, 0.15) is 0 Å². The lowest BCUT2D eigenvalue weighted by Crippen LogP contribution is -2.30. The van der Waals surface area contributed by atoms with E-state index in [2.05, 4.69) is 29.0 Å². The Bertz CT molecular complexity index is 1510. The molecule has 36 heavy (non-hydrogen) atoms. The number of carbonyl (C=O) groups excluding carboxylic acids is 1. The Labute approximate surface area is 215 Å². The van der Waals surface area contributed by atoms with Gasteiger partial charge in [-0.3, -0.25) is 9.59 Å². The molecule has 0 bridgehead atoms. The number of nitrogens with one attached hydrogen (secondary N) is 1. The summed E-state index contributed by atoms with van der Waals surface area (Å²) < 4.78 is 24.5. The summed E-state index contributed by atoms with van der Waals surface area (Å²) in [6.45, 7) is 7.13. The second-order valence-corrected chi connectivity index (χ2v) is 11.0. The van der Waals surface area contributed by atoms with Crippen molar-refractivity contribution < 1.29 is 13.2 Å². The van der Waals surface area contributed by atoms with Crippen molar-refractivity contribution in [1.29, 1.82) is 0 Å². The van der Waals surface area contributed by atoms with Crippen molar-refractivity contribution in [3.63, 3.8) is 0 Å². The quantitative estimate of drug-likeness (QED) is 0.398. The normalized spacial score (nSPS) is 11.0. The van der Waals surface area contributed by atoms with Crippen LogP contribution in [0, 0.1) is 6.92 Å². The van der Waals surface area contributed by atoms with Gasteiger partial charge < -0.3 is 9.88 Å². The number of thiazole rings is 1. The number of hydrogen-bond acceptors (Lipinski definition) is 6. The molecule has 0 atom stereocenters. The third-order valence-corrected chi connectivity index (χ3v) is 7.82. The fourth-order valence-electron chi connectivity index (χ4n) is 3.43. The fourth-order valence-corrected chi connectivity index (χ4v) is 4.98. The Morgan fingerprint density at radius 3 is 2.28 bits per heavy atom. The highest BCUT2D eigenvalue weighted by Gasteiger charge is 2.18. The van der Waals surface area contributed by atoms with E-state index < -0.39 is 10.0 Å². The summed E-state index contributed by atoms with van der Waals surface area (Å²) in [7, 11) is -2.02. The van der Waals surface area contributed by atoms with Gasteiger partial charge in [-0.15, -0.1) is 11.3 Å². The van der Waals surface area contributed by atoms with Gasteiger partial charge in [0.2, 0.25) is 10.0 Å². The van der Waals surface area contributed by atoms with E-state index in [1.54, 1.807) is 34.5 Å². The van der Waals surface area contributed by atoms with E-state index in [-0.39, 0.29) is 16.6 Å². The van der Waals surface area contributed by atoms with Crippen molar-refractivity contribution in [3.05, 3.63) is 81.5 Å². The van der Waals surface area contributed by atoms with Crippen LogP contribution in [0.4, 0.5) is 5.13 Å². The third-order valence-electron chi connectivity index (χ3n) is 5.62. The molecule has 0 fully saturated rings. The molecule has 8 nitrogen and oxygen atoms in total. The summed E-state index contributed by atoms with van der Waals surface area (Å²) in [5.74, 6) is -0.0882. The van der Waals surface area contributed by atoms with Crippen molar-refractivity contribution >= 4 is 43.3 Å². The van der Waals surface area contributed by atoms with Crippen LogP contribution in [0.3, 0.4) is 0 Å². The van der Waals surface area contributed by atoms with Gasteiger partial charge in [0, 0.05) is 36.6 Å². The van der Waals surface area contributed by atoms with Crippen molar-refractivity contribution in [2.45, 2.75) is 20.8 Å². The van der Waals surface area contributed by atoms with Gasteiger partial charge in [-0.25, -0.2) is 17.7 Å². The van der Waals surface area contributed by atoms with Crippen molar-refractivity contribution in [1.82, 2.24) is 14.9 Å². The maximum Gasteiger partial charge on any atom is 0.257 e. The first-order valence-corrected chi connectivity index (χ1v) is 14.2. The van der Waals surface area contributed by atoms with Crippen LogP contribution in [0.25, 0.3) is 22.2 Å². The number of fused-ring (bicyclic) bond motifs is 1. The molecule has 4 aromatic rings. The monoisotopic (exact) mass is 526 g/mol. The van der Waals surface area contributed by atoms with Crippen molar-refractivity contribution in [2.75, 3.05) is 30.7 Å². The summed E-state index contributed by atoms with van der Waals surface area (Å²) in [6, 6.07) is 17.1. The minimum Gasteiger partial charge on any atom is -0.339 e. The molecule has 10 heteroatoms. The Morgan fingerprint density at radius 1 is 1.06 bits per heavy atom. The van der Waals surface area contributed by atoms with Crippen LogP contribution in [0.15, 0.2) is 64.8 Å². The van der Waals surface area contributed by atoms with Gasteiger partial charge in [-0.05, 0) is 44.4 Å². The predicted octanol–water partition coefficient (Wildman–Crippen LogP) is 4.52. The van der Waals surface area contributed by atoms with Crippen LogP contribution in [-0.2, 0) is 10.0 Å². The zero-order valence-corrected chi connectivity index (χ0v) is 22.6. The van der Waals surface area contributed by atoms with E-state index in [4.69, 9.17) is 0 Å². The molecule has 0 radical (unpaired) electrons. The highest BCUT2D eigenvalue weighted by atomic mass is 32.2. The average molecular weight is 527 g/mol. The Morgan fingerprint density at radius 2 is 1.72 bits per heavy atom. The molecule has 2 aromatic heterocycles. The van der Waals surface area contributed by atoms with Crippen LogP contribution < -0.4 is 9.86 Å². The second kappa shape index (κ2) is 11.5. The number of amides is 1. The number of rotatable bonds is 6. The first-order valence-electron chi connectivity index (χ1n) is 11.4. The molecule has 2 heterocycles. The standard InChI is InChI=1S/C19H22N4O4S2.C7H8/c1-5-23(6-2)18(25)13-8-7-12-9-14(17(24)20-15(12)10-13)16-11-28-19(21-16)22(3)29(4,26)27;1-7-5-3-2-4-6-7/h7-11H,5-6H2,1-4H3,(H,20,24);2-6H,1H3. The molecule has 4 rings (SSSR count). The lowest BCUT2D eigenvalue weighted by Gasteiger charge is -2.18. The smallest absolute Gasteiger partial charge is 0.257 e. The third kappa shape index (κ3) is 6.38. The van der Waals surface area contributed by atoms with Gasteiger partial charge in [0.15, 0.2) is 5.13 Å². The van der Waals surface area contributed by atoms with Crippen LogP contribution in [0.2, 0.25) is 0 Å². The van der Waals surface area contributed by atoms with Crippen molar-refractivity contribution in [2.24, 2.45) is 0 Å². The molecular weight excluding hydrogens is 496 g/mol. The van der Waals surface area contributed by atoms with E-state index in [0.29, 0.717) is 35.4 Å². The molecule has 1 amide bonds. The van der Waals surface area contributed by atoms with Crippen LogP contribution >= 0.6 is 11.3 Å². The van der Waals surface area contributed by atoms with Gasteiger partial charge in [-0.2, -0.15) is 0 Å². The van der Waals surface area contributed by atoms with Gasteiger partial charge in [0.05, 0.1) is 17.5 Å². The minimum absolute atomic E-state index is 0.0882. The van der Waals surface area contributed by atoms with E-state index in [0.717, 1.165) is 27.3 Å². The molecule has 0 aliphatic rings. The maximum absolute atomic E-state index is 12.6. The summed E-state index contributed by atoms with van der Waals surface area (Å²) >= 11 is 1.14. The summed E-state index contributed by atoms with van der Waals surface area (Å²) in [4.78, 5) is 34.0. The van der Waals surface area contributed by atoms with Crippen LogP contribution in [0.5, 0.6) is 0 Å². The largest absolute Gasteiger partial charge is 0.339 e. The maximum atomic E-state index is 12.6. The lowest BCUT2D eigenvalue weighted by molar-refractivity contribution is 0.0773. The van der Waals surface area contributed by atoms with E-state index in [1.807, 2.05) is 32.0 Å². The first-order chi connectivity index (χ1) is 17.0. The molecule has 0 saturated heterocycles. The number of nitrogens with zero attached hydrogens (tertiary/aromatic N) is 3. The lowest BCUT2D eigenvalue weighted by atomic mass is 10.1. The number of aryl methyl sites for hydroxylation is 1. The molecule has 0 unspecified atom stereocenters. The molecular formula is C26H30N4O4S2. The Balaban J connectivity index is 0.000000444. The molecule has 1 N–H and O–H groups in total. The van der Waals surface area contributed by atoms with E-state index in [9.17, 15) is 18.0 Å². The van der Waals surface area contributed by atoms with Gasteiger partial charge in [0.25, 0.3) is 11.5 Å². The number of anilines is 1. The first kappa shape index (κ1) is 27.1. The number of aromatic amines is 1. The topological polar surface area (TPSA) is 103 Å². The van der Waals surface area contributed by atoms with Crippen LogP contribution in [0.1, 0.15) is 29.8 Å². The summed E-state index contributed by atoms with van der Waals surface area (Å²) in [5.41, 5.74) is 2.76. The van der Waals surface area contributed by atoms with E-state index >= 15 is 0 Å². The average Bonchev–Trinajstić information content (AvgIpc) is 3.33. The van der Waals surface area contributed by atoms with Crippen LogP contribution in [-0.4, -0.2) is 55.6 Å². The number of aromatic nitrogens is 2. The highest BCUT2D eigenvalue weighted by Crippen LogP contribution is 2.27. The summed E-state index contributed by atoms with van der Waals surface area (Å²) in [5, 5.41) is 2.68. The number of benzene rings is 2. The number of hydrogen-bond donors (Lipinski definition) is 1. The molecule has 190 valence electrons. The van der Waals surface area contributed by atoms with Gasteiger partial charge in [-0.1, -0.05) is 42.0 Å². The molecule has 2 aromatic carbocycles. The zero-order chi connectivity index (χ0) is 26.5. The minimum atomic E-state index is -3.43. The zero-order valence-electron chi connectivity index (χ0n) is 21.0. The number of pyridine rings is 1. The Hall–Kier alpha value is -3.50. The predicted molar refractivity (Wildman–Crippen MR) is 147 cm³/mol.